The molecule has 2 aromatic carbocycles. The second-order valence-electron chi connectivity index (χ2n) is 8.24. The van der Waals surface area contributed by atoms with Gasteiger partial charge in [-0.15, -0.1) is 0 Å². The monoisotopic (exact) mass is 500 g/mol. The summed E-state index contributed by atoms with van der Waals surface area (Å²) in [7, 11) is -4.00. The van der Waals surface area contributed by atoms with Crippen molar-refractivity contribution < 1.29 is 18.0 Å². The third kappa shape index (κ3) is 4.36. The van der Waals surface area contributed by atoms with Gasteiger partial charge in [-0.2, -0.15) is 13.1 Å². The van der Waals surface area contributed by atoms with Crippen LogP contribution >= 0.6 is 11.7 Å². The van der Waals surface area contributed by atoms with E-state index >= 15 is 0 Å². The van der Waals surface area contributed by atoms with E-state index < -0.39 is 22.0 Å². The Labute approximate surface area is 201 Å². The van der Waals surface area contributed by atoms with Crippen LogP contribution in [-0.2, 0) is 19.6 Å². The third-order valence-electron chi connectivity index (χ3n) is 6.24. The molecule has 178 valence electrons. The fourth-order valence-corrected chi connectivity index (χ4v) is 6.51. The number of fused-ring (bicyclic) bond motifs is 1. The van der Waals surface area contributed by atoms with Crippen LogP contribution in [0.3, 0.4) is 0 Å². The van der Waals surface area contributed by atoms with E-state index in [0.717, 1.165) is 21.7 Å². The van der Waals surface area contributed by atoms with E-state index in [1.54, 1.807) is 11.0 Å². The van der Waals surface area contributed by atoms with Crippen LogP contribution in [0.2, 0.25) is 0 Å². The number of benzene rings is 2. The molecule has 1 atom stereocenters. The van der Waals surface area contributed by atoms with Crippen LogP contribution in [0, 0.1) is 0 Å². The number of para-hydroxylation sites is 1. The molecule has 0 radical (unpaired) electrons. The second kappa shape index (κ2) is 9.28. The molecule has 5 rings (SSSR count). The molecule has 2 aliphatic heterocycles. The van der Waals surface area contributed by atoms with Crippen LogP contribution in [0.15, 0.2) is 53.4 Å². The fraction of sp³-hybridized carbons (Fsp3) is 0.364. The lowest BCUT2D eigenvalue weighted by Gasteiger charge is -2.38. The minimum Gasteiger partial charge on any atom is -0.368 e. The molecule has 1 unspecified atom stereocenters. The molecule has 2 amide bonds. The SMILES string of the molecule is O=C1NCCN(S(=O)(=O)c2ccc3nsnc3c2)C1CC(=O)N1CCN(c2ccccc2)CC1. The van der Waals surface area contributed by atoms with E-state index in [1.165, 1.54) is 12.1 Å². The first kappa shape index (κ1) is 22.7. The fourth-order valence-electron chi connectivity index (χ4n) is 4.38. The molecule has 34 heavy (non-hydrogen) atoms. The largest absolute Gasteiger partial charge is 0.368 e. The minimum atomic E-state index is -4.00. The lowest BCUT2D eigenvalue weighted by Crippen LogP contribution is -2.59. The van der Waals surface area contributed by atoms with Gasteiger partial charge >= 0.3 is 0 Å². The van der Waals surface area contributed by atoms with Gasteiger partial charge in [-0.3, -0.25) is 9.59 Å². The first-order chi connectivity index (χ1) is 16.4. The molecule has 0 spiro atoms. The van der Waals surface area contributed by atoms with Crippen molar-refractivity contribution >= 4 is 50.3 Å². The number of anilines is 1. The van der Waals surface area contributed by atoms with Crippen molar-refractivity contribution in [3.63, 3.8) is 0 Å². The van der Waals surface area contributed by atoms with E-state index in [9.17, 15) is 18.0 Å². The summed E-state index contributed by atoms with van der Waals surface area (Å²) in [5.41, 5.74) is 2.20. The standard InChI is InChI=1S/C22H24N6O4S2/c29-21(27-12-10-26(11-13-27)16-4-2-1-3-5-16)15-20-22(30)23-8-9-28(20)34(31,32)17-6-7-18-19(14-17)25-33-24-18/h1-7,14,20H,8-13,15H2,(H,23,30). The van der Waals surface area contributed by atoms with Gasteiger partial charge in [0.25, 0.3) is 0 Å². The number of hydrogen-bond donors (Lipinski definition) is 1. The van der Waals surface area contributed by atoms with Gasteiger partial charge in [0.15, 0.2) is 0 Å². The number of aromatic nitrogens is 2. The highest BCUT2D eigenvalue weighted by Gasteiger charge is 2.40. The van der Waals surface area contributed by atoms with Gasteiger partial charge in [0, 0.05) is 45.0 Å². The van der Waals surface area contributed by atoms with Crippen molar-refractivity contribution in [1.29, 1.82) is 0 Å². The zero-order chi connectivity index (χ0) is 23.7. The molecule has 0 aliphatic carbocycles. The molecule has 1 aromatic heterocycles. The predicted octanol–water partition coefficient (Wildman–Crippen LogP) is 0.919. The predicted molar refractivity (Wildman–Crippen MR) is 128 cm³/mol. The van der Waals surface area contributed by atoms with Crippen molar-refractivity contribution in [2.24, 2.45) is 0 Å². The summed E-state index contributed by atoms with van der Waals surface area (Å²) in [6.45, 7) is 2.68. The van der Waals surface area contributed by atoms with Gasteiger partial charge < -0.3 is 15.1 Å². The minimum absolute atomic E-state index is 0.0383. The smallest absolute Gasteiger partial charge is 0.243 e. The molecule has 12 heteroatoms. The maximum atomic E-state index is 13.4. The first-order valence-corrected chi connectivity index (χ1v) is 13.2. The highest BCUT2D eigenvalue weighted by atomic mass is 32.2. The number of piperazine rings is 2. The number of carbonyl (C=O) groups is 2. The van der Waals surface area contributed by atoms with E-state index in [-0.39, 0.29) is 30.3 Å². The van der Waals surface area contributed by atoms with Crippen molar-refractivity contribution in [3.05, 3.63) is 48.5 Å². The van der Waals surface area contributed by atoms with Crippen molar-refractivity contribution in [2.45, 2.75) is 17.4 Å². The van der Waals surface area contributed by atoms with E-state index in [1.807, 2.05) is 30.3 Å². The molecule has 0 bridgehead atoms. The van der Waals surface area contributed by atoms with Crippen LogP contribution in [0.4, 0.5) is 5.69 Å². The molecule has 1 N–H and O–H groups in total. The Morgan fingerprint density at radius 3 is 2.50 bits per heavy atom. The highest BCUT2D eigenvalue weighted by molar-refractivity contribution is 7.89. The molecule has 10 nitrogen and oxygen atoms in total. The molecule has 2 fully saturated rings. The average molecular weight is 501 g/mol. The summed E-state index contributed by atoms with van der Waals surface area (Å²) < 4.78 is 36.2. The molecule has 2 aliphatic rings. The molecular formula is C22H24N6O4S2. The molecule has 2 saturated heterocycles. The number of sulfonamides is 1. The second-order valence-corrected chi connectivity index (χ2v) is 10.7. The van der Waals surface area contributed by atoms with Gasteiger partial charge in [-0.1, -0.05) is 18.2 Å². The third-order valence-corrected chi connectivity index (χ3v) is 8.70. The zero-order valence-electron chi connectivity index (χ0n) is 18.3. The number of carbonyl (C=O) groups excluding carboxylic acids is 2. The van der Waals surface area contributed by atoms with Gasteiger partial charge in [0.05, 0.1) is 23.0 Å². The quantitative estimate of drug-likeness (QED) is 0.554. The van der Waals surface area contributed by atoms with Crippen LogP contribution in [0.25, 0.3) is 11.0 Å². The summed E-state index contributed by atoms with van der Waals surface area (Å²) in [6.07, 6.45) is -0.198. The van der Waals surface area contributed by atoms with Crippen LogP contribution < -0.4 is 10.2 Å². The Morgan fingerprint density at radius 2 is 1.74 bits per heavy atom. The molecule has 3 aromatic rings. The van der Waals surface area contributed by atoms with E-state index in [2.05, 4.69) is 19.0 Å². The Hall–Kier alpha value is -3.09. The summed E-state index contributed by atoms with van der Waals surface area (Å²) in [4.78, 5) is 29.7. The van der Waals surface area contributed by atoms with Gasteiger partial charge in [-0.25, -0.2) is 8.42 Å². The normalized spacial score (nSPS) is 19.9. The summed E-state index contributed by atoms with van der Waals surface area (Å²) in [6, 6.07) is 13.4. The van der Waals surface area contributed by atoms with Crippen LogP contribution in [0.1, 0.15) is 6.42 Å². The first-order valence-electron chi connectivity index (χ1n) is 11.0. The molecule has 3 heterocycles. The van der Waals surface area contributed by atoms with E-state index in [0.29, 0.717) is 37.2 Å². The number of nitrogens with zero attached hydrogens (tertiary/aromatic N) is 5. The number of hydrogen-bond acceptors (Lipinski definition) is 8. The Balaban J connectivity index is 1.30. The van der Waals surface area contributed by atoms with Gasteiger partial charge in [-0.05, 0) is 30.3 Å². The van der Waals surface area contributed by atoms with Crippen molar-refractivity contribution in [1.82, 2.24) is 23.3 Å². The van der Waals surface area contributed by atoms with Crippen LogP contribution in [0.5, 0.6) is 0 Å². The highest BCUT2D eigenvalue weighted by Crippen LogP contribution is 2.25. The lowest BCUT2D eigenvalue weighted by atomic mass is 10.1. The Morgan fingerprint density at radius 1 is 1.00 bits per heavy atom. The maximum Gasteiger partial charge on any atom is 0.243 e. The number of rotatable bonds is 5. The summed E-state index contributed by atoms with van der Waals surface area (Å²) in [5.74, 6) is -0.684. The van der Waals surface area contributed by atoms with Crippen LogP contribution in [-0.4, -0.2) is 83.5 Å². The molecule has 0 saturated carbocycles. The summed E-state index contributed by atoms with van der Waals surface area (Å²) >= 11 is 1.01. The van der Waals surface area contributed by atoms with Gasteiger partial charge in [0.1, 0.15) is 17.1 Å². The van der Waals surface area contributed by atoms with Gasteiger partial charge in [0.2, 0.25) is 21.8 Å². The average Bonchev–Trinajstić information content (AvgIpc) is 3.34. The Bertz CT molecular complexity index is 1310. The molecular weight excluding hydrogens is 476 g/mol. The van der Waals surface area contributed by atoms with Crippen molar-refractivity contribution in [3.8, 4) is 0 Å². The zero-order valence-corrected chi connectivity index (χ0v) is 20.0. The lowest BCUT2D eigenvalue weighted by molar-refractivity contribution is -0.137. The van der Waals surface area contributed by atoms with Crippen molar-refractivity contribution in [2.75, 3.05) is 44.2 Å². The van der Waals surface area contributed by atoms with E-state index in [4.69, 9.17) is 0 Å². The summed E-state index contributed by atoms with van der Waals surface area (Å²) in [5, 5.41) is 2.70. The maximum absolute atomic E-state index is 13.4. The Kier molecular flexibility index (Phi) is 6.19. The number of amides is 2. The topological polar surface area (TPSA) is 116 Å². The number of nitrogens with one attached hydrogen (secondary N) is 1.